The minimum Gasteiger partial charge on any atom is -0.294 e. The topological polar surface area (TPSA) is 77.4 Å². The summed E-state index contributed by atoms with van der Waals surface area (Å²) in [5, 5.41) is 6.36. The second-order valence-corrected chi connectivity index (χ2v) is 6.32. The molecule has 134 valence electrons. The van der Waals surface area contributed by atoms with E-state index in [1.807, 2.05) is 44.4 Å². The molecular weight excluding hydrogens is 320 g/mol. The Bertz CT molecular complexity index is 991. The zero-order valence-corrected chi connectivity index (χ0v) is 15.4. The van der Waals surface area contributed by atoms with Crippen LogP contribution in [0, 0.1) is 0 Å². The van der Waals surface area contributed by atoms with Gasteiger partial charge in [0.1, 0.15) is 0 Å². The van der Waals surface area contributed by atoms with Gasteiger partial charge in [-0.05, 0) is 27.2 Å². The maximum Gasteiger partial charge on any atom is 0.332 e. The van der Waals surface area contributed by atoms with Crippen molar-refractivity contribution in [1.29, 1.82) is 0 Å². The van der Waals surface area contributed by atoms with Crippen LogP contribution in [0.2, 0.25) is 0 Å². The molecule has 0 aliphatic carbocycles. The molecule has 0 N–H and O–H groups in total. The van der Waals surface area contributed by atoms with Gasteiger partial charge in [-0.1, -0.05) is 19.1 Å². The summed E-state index contributed by atoms with van der Waals surface area (Å²) in [6.45, 7) is 8.77. The zero-order valence-electron chi connectivity index (χ0n) is 15.4. The summed E-state index contributed by atoms with van der Waals surface area (Å²) in [6.07, 6.45) is 4.63. The first-order chi connectivity index (χ1) is 11.9. The van der Waals surface area contributed by atoms with Gasteiger partial charge in [0.25, 0.3) is 5.56 Å². The second-order valence-electron chi connectivity index (χ2n) is 6.32. The maximum atomic E-state index is 13.0. The molecule has 3 heterocycles. The average molecular weight is 344 g/mol. The van der Waals surface area contributed by atoms with Crippen molar-refractivity contribution in [1.82, 2.24) is 18.7 Å². The lowest BCUT2D eigenvalue weighted by Crippen LogP contribution is -2.40. The smallest absolute Gasteiger partial charge is 0.294 e. The molecule has 0 bridgehead atoms. The van der Waals surface area contributed by atoms with Crippen LogP contribution >= 0.6 is 0 Å². The number of allylic oxidation sites excluding steroid dienone is 1. The van der Waals surface area contributed by atoms with Gasteiger partial charge in [-0.3, -0.25) is 18.5 Å². The Balaban J connectivity index is 2.37. The molecule has 0 aromatic carbocycles. The quantitative estimate of drug-likeness (QED) is 0.790. The minimum atomic E-state index is -0.333. The predicted octanol–water partition coefficient (Wildman–Crippen LogP) is 1.64. The number of imidazole rings is 1. The minimum absolute atomic E-state index is 0.0952. The van der Waals surface area contributed by atoms with Crippen molar-refractivity contribution in [2.24, 2.45) is 12.1 Å². The zero-order chi connectivity index (χ0) is 18.3. The number of hydrogen-bond donors (Lipinski definition) is 0. The molecule has 0 saturated heterocycles. The first kappa shape index (κ1) is 17.2. The fourth-order valence-corrected chi connectivity index (χ4v) is 3.13. The number of rotatable bonds is 4. The van der Waals surface area contributed by atoms with Crippen molar-refractivity contribution in [3.8, 4) is 0 Å². The van der Waals surface area contributed by atoms with Gasteiger partial charge >= 0.3 is 5.69 Å². The summed E-state index contributed by atoms with van der Waals surface area (Å²) in [5.41, 5.74) is 1.13. The lowest BCUT2D eigenvalue weighted by molar-refractivity contribution is 0.587. The van der Waals surface area contributed by atoms with E-state index in [0.717, 1.165) is 5.71 Å². The summed E-state index contributed by atoms with van der Waals surface area (Å²) >= 11 is 0. The number of aryl methyl sites for hydroxylation is 1. The number of aromatic nitrogens is 4. The number of nitrogens with zero attached hydrogens (tertiary/aromatic N) is 6. The van der Waals surface area contributed by atoms with E-state index in [4.69, 9.17) is 0 Å². The van der Waals surface area contributed by atoms with E-state index >= 15 is 0 Å². The molecule has 3 rings (SSSR count). The molecular formula is C17H24N6O2. The van der Waals surface area contributed by atoms with Gasteiger partial charge in [0.2, 0.25) is 5.95 Å². The number of hydrazone groups is 1. The van der Waals surface area contributed by atoms with Crippen molar-refractivity contribution >= 4 is 22.8 Å². The van der Waals surface area contributed by atoms with Gasteiger partial charge < -0.3 is 0 Å². The van der Waals surface area contributed by atoms with Gasteiger partial charge in [-0.2, -0.15) is 10.1 Å². The van der Waals surface area contributed by atoms with Crippen LogP contribution in [0.15, 0.2) is 26.8 Å². The van der Waals surface area contributed by atoms with Crippen molar-refractivity contribution in [2.75, 3.05) is 11.6 Å². The first-order valence-corrected chi connectivity index (χ1v) is 8.57. The molecule has 0 saturated carbocycles. The summed E-state index contributed by atoms with van der Waals surface area (Å²) in [5.74, 6) is 0.590. The van der Waals surface area contributed by atoms with Crippen LogP contribution in [0.1, 0.15) is 40.2 Å². The largest absolute Gasteiger partial charge is 0.332 e. The summed E-state index contributed by atoms with van der Waals surface area (Å²) in [6, 6.07) is -0.0952. The lowest BCUT2D eigenvalue weighted by Gasteiger charge is -2.28. The van der Waals surface area contributed by atoms with E-state index in [1.165, 1.54) is 9.13 Å². The summed E-state index contributed by atoms with van der Waals surface area (Å²) < 4.78 is 4.64. The van der Waals surface area contributed by atoms with E-state index in [1.54, 1.807) is 12.1 Å². The van der Waals surface area contributed by atoms with Gasteiger partial charge in [0.15, 0.2) is 11.2 Å². The molecule has 2 aromatic rings. The van der Waals surface area contributed by atoms with Gasteiger partial charge in [0.05, 0.1) is 18.3 Å². The highest BCUT2D eigenvalue weighted by atomic mass is 16.2. The van der Waals surface area contributed by atoms with E-state index < -0.39 is 0 Å². The van der Waals surface area contributed by atoms with Gasteiger partial charge in [0, 0.05) is 13.6 Å². The van der Waals surface area contributed by atoms with E-state index in [2.05, 4.69) is 10.1 Å². The standard InChI is InChI=1S/C17H24N6O2/c1-6-8-10-22-16-18-14-13(23(16)12(4)11(3)19-22)15(24)21(9-7-2)17(25)20(14)5/h6,8,12H,7,9-10H2,1-5H3/b8-6+/t12-/m1/s1. The lowest BCUT2D eigenvalue weighted by atomic mass is 10.2. The fraction of sp³-hybridized carbons (Fsp3) is 0.529. The van der Waals surface area contributed by atoms with Gasteiger partial charge in [-0.15, -0.1) is 0 Å². The van der Waals surface area contributed by atoms with Crippen molar-refractivity contribution in [3.63, 3.8) is 0 Å². The van der Waals surface area contributed by atoms with Crippen molar-refractivity contribution in [2.45, 2.75) is 46.7 Å². The van der Waals surface area contributed by atoms with Crippen LogP contribution in [-0.4, -0.2) is 30.9 Å². The van der Waals surface area contributed by atoms with E-state index in [0.29, 0.717) is 36.6 Å². The van der Waals surface area contributed by atoms with Crippen LogP contribution in [0.3, 0.4) is 0 Å². The Morgan fingerprint density at radius 2 is 2.00 bits per heavy atom. The Labute approximate surface area is 145 Å². The highest BCUT2D eigenvalue weighted by molar-refractivity contribution is 5.91. The van der Waals surface area contributed by atoms with Crippen LogP contribution in [-0.2, 0) is 13.6 Å². The third kappa shape index (κ3) is 2.52. The molecule has 8 nitrogen and oxygen atoms in total. The van der Waals surface area contributed by atoms with E-state index in [-0.39, 0.29) is 17.3 Å². The molecule has 0 radical (unpaired) electrons. The summed E-state index contributed by atoms with van der Waals surface area (Å²) in [4.78, 5) is 30.1. The first-order valence-electron chi connectivity index (χ1n) is 8.57. The summed E-state index contributed by atoms with van der Waals surface area (Å²) in [7, 11) is 1.66. The Morgan fingerprint density at radius 1 is 1.28 bits per heavy atom. The third-order valence-corrected chi connectivity index (χ3v) is 4.62. The van der Waals surface area contributed by atoms with Crippen molar-refractivity contribution in [3.05, 3.63) is 33.0 Å². The molecule has 0 fully saturated rings. The molecule has 1 aliphatic heterocycles. The molecule has 0 unspecified atom stereocenters. The Kier molecular flexibility index (Phi) is 4.36. The average Bonchev–Trinajstić information content (AvgIpc) is 3.00. The Hall–Kier alpha value is -2.64. The van der Waals surface area contributed by atoms with Crippen LogP contribution in [0.5, 0.6) is 0 Å². The van der Waals surface area contributed by atoms with E-state index in [9.17, 15) is 9.59 Å². The van der Waals surface area contributed by atoms with Crippen LogP contribution < -0.4 is 16.3 Å². The molecule has 8 heteroatoms. The van der Waals surface area contributed by atoms with Crippen LogP contribution in [0.25, 0.3) is 11.2 Å². The second kappa shape index (κ2) is 6.34. The molecule has 0 amide bonds. The maximum absolute atomic E-state index is 13.0. The monoisotopic (exact) mass is 344 g/mol. The van der Waals surface area contributed by atoms with Gasteiger partial charge in [-0.25, -0.2) is 9.80 Å². The molecule has 25 heavy (non-hydrogen) atoms. The number of anilines is 1. The Morgan fingerprint density at radius 3 is 2.64 bits per heavy atom. The fourth-order valence-electron chi connectivity index (χ4n) is 3.13. The third-order valence-electron chi connectivity index (χ3n) is 4.62. The highest BCUT2D eigenvalue weighted by Gasteiger charge is 2.30. The van der Waals surface area contributed by atoms with Crippen LogP contribution in [0.4, 0.5) is 5.95 Å². The molecule has 2 aromatic heterocycles. The molecule has 1 atom stereocenters. The molecule has 0 spiro atoms. The molecule has 1 aliphatic rings. The van der Waals surface area contributed by atoms with Crippen molar-refractivity contribution < 1.29 is 0 Å². The highest BCUT2D eigenvalue weighted by Crippen LogP contribution is 2.29. The number of fused-ring (bicyclic) bond motifs is 3. The SMILES string of the molecule is C/C=C/CN1N=C(C)[C@@H](C)n2c1nc1c2c(=O)n(CCC)c(=O)n1C. The normalized spacial score (nSPS) is 17.4. The number of hydrogen-bond acceptors (Lipinski definition) is 5. The predicted molar refractivity (Wildman–Crippen MR) is 99.5 cm³/mol.